The van der Waals surface area contributed by atoms with E-state index in [0.717, 1.165) is 38.5 Å². The maximum atomic E-state index is 12.8. The van der Waals surface area contributed by atoms with Crippen LogP contribution >= 0.6 is 0 Å². The van der Waals surface area contributed by atoms with Crippen molar-refractivity contribution in [2.24, 2.45) is 5.92 Å². The Hall–Kier alpha value is -0.940. The molecule has 0 aliphatic rings. The molecule has 32 heavy (non-hydrogen) atoms. The molecule has 0 rings (SSSR count). The topological polar surface area (TPSA) is 86.6 Å². The van der Waals surface area contributed by atoms with Crippen LogP contribution < -0.4 is 5.32 Å². The zero-order chi connectivity index (χ0) is 23.9. The predicted octanol–water partition coefficient (Wildman–Crippen LogP) is 6.09. The molecule has 0 bridgehead atoms. The van der Waals surface area contributed by atoms with Crippen molar-refractivity contribution in [3.8, 4) is 0 Å². The molecule has 0 radical (unpaired) electrons. The summed E-state index contributed by atoms with van der Waals surface area (Å²) in [4.78, 5) is 25.5. The maximum Gasteiger partial charge on any atom is 0.230 e. The maximum absolute atomic E-state index is 12.8. The minimum absolute atomic E-state index is 0.0167. The Morgan fingerprint density at radius 2 is 1.03 bits per heavy atom. The summed E-state index contributed by atoms with van der Waals surface area (Å²) in [5, 5.41) is 21.2. The van der Waals surface area contributed by atoms with Crippen LogP contribution in [0.15, 0.2) is 0 Å². The number of carbonyl (C=O) groups excluding carboxylic acids is 2. The molecule has 0 saturated carbocycles. The second-order valence-electron chi connectivity index (χ2n) is 9.43. The van der Waals surface area contributed by atoms with E-state index < -0.39 is 12.0 Å². The van der Waals surface area contributed by atoms with Crippen LogP contribution in [0.5, 0.6) is 0 Å². The lowest BCUT2D eigenvalue weighted by Gasteiger charge is -2.19. The molecule has 0 saturated heterocycles. The van der Waals surface area contributed by atoms with Crippen molar-refractivity contribution in [2.45, 2.75) is 142 Å². The summed E-state index contributed by atoms with van der Waals surface area (Å²) in [6, 6.07) is -0.691. The smallest absolute Gasteiger partial charge is 0.230 e. The Labute approximate surface area is 198 Å². The zero-order valence-electron chi connectivity index (χ0n) is 21.2. The van der Waals surface area contributed by atoms with E-state index in [-0.39, 0.29) is 24.9 Å². The lowest BCUT2D eigenvalue weighted by Crippen LogP contribution is -2.45. The van der Waals surface area contributed by atoms with Crippen molar-refractivity contribution >= 4 is 11.7 Å². The number of hydrogen-bond donors (Lipinski definition) is 3. The van der Waals surface area contributed by atoms with E-state index in [1.54, 1.807) is 0 Å². The van der Waals surface area contributed by atoms with E-state index in [4.69, 9.17) is 0 Å². The molecule has 0 aliphatic carbocycles. The van der Waals surface area contributed by atoms with Gasteiger partial charge in [-0.25, -0.2) is 0 Å². The number of amides is 1. The quantitative estimate of drug-likeness (QED) is 0.121. The van der Waals surface area contributed by atoms with Gasteiger partial charge in [-0.1, -0.05) is 117 Å². The average molecular weight is 456 g/mol. The second kappa shape index (κ2) is 23.2. The highest BCUT2D eigenvalue weighted by atomic mass is 16.3. The number of Topliss-reactive ketones (excluding diaryl/α,β-unsaturated/α-hetero) is 1. The van der Waals surface area contributed by atoms with Crippen molar-refractivity contribution in [1.82, 2.24) is 5.32 Å². The van der Waals surface area contributed by atoms with E-state index in [9.17, 15) is 19.8 Å². The van der Waals surface area contributed by atoms with Gasteiger partial charge < -0.3 is 15.5 Å². The van der Waals surface area contributed by atoms with E-state index in [1.807, 2.05) is 0 Å². The molecule has 5 heteroatoms. The molecular formula is C27H53NO4. The van der Waals surface area contributed by atoms with Gasteiger partial charge in [0.15, 0.2) is 0 Å². The highest BCUT2D eigenvalue weighted by Gasteiger charge is 2.27. The third-order valence-electron chi connectivity index (χ3n) is 6.37. The van der Waals surface area contributed by atoms with Crippen molar-refractivity contribution < 1.29 is 19.8 Å². The van der Waals surface area contributed by atoms with Gasteiger partial charge in [0.2, 0.25) is 5.91 Å². The van der Waals surface area contributed by atoms with Gasteiger partial charge >= 0.3 is 0 Å². The Bertz CT molecular complexity index is 437. The summed E-state index contributed by atoms with van der Waals surface area (Å²) < 4.78 is 0. The molecule has 0 spiro atoms. The highest BCUT2D eigenvalue weighted by molar-refractivity contribution is 6.01. The van der Waals surface area contributed by atoms with Gasteiger partial charge in [-0.3, -0.25) is 9.59 Å². The minimum atomic E-state index is -0.691. The number of rotatable bonds is 24. The van der Waals surface area contributed by atoms with Gasteiger partial charge in [0.05, 0.1) is 25.2 Å². The summed E-state index contributed by atoms with van der Waals surface area (Å²) in [7, 11) is 0. The first-order valence-electron chi connectivity index (χ1n) is 13.6. The number of nitrogens with one attached hydrogen (secondary N) is 1. The number of carbonyl (C=O) groups is 2. The van der Waals surface area contributed by atoms with Crippen molar-refractivity contribution in [2.75, 3.05) is 13.2 Å². The van der Waals surface area contributed by atoms with Crippen LogP contribution in [-0.4, -0.2) is 41.2 Å². The molecule has 1 atom stereocenters. The van der Waals surface area contributed by atoms with Gasteiger partial charge in [0.25, 0.3) is 0 Å². The van der Waals surface area contributed by atoms with E-state index in [1.165, 1.54) is 70.6 Å². The van der Waals surface area contributed by atoms with Crippen LogP contribution in [0.25, 0.3) is 0 Å². The number of aliphatic hydroxyl groups is 2. The van der Waals surface area contributed by atoms with Crippen LogP contribution in [0.2, 0.25) is 0 Å². The number of ketones is 1. The summed E-state index contributed by atoms with van der Waals surface area (Å²) in [5.74, 6) is -0.963. The predicted molar refractivity (Wildman–Crippen MR) is 134 cm³/mol. The Morgan fingerprint density at radius 3 is 1.47 bits per heavy atom. The first-order valence-corrected chi connectivity index (χ1v) is 13.6. The molecule has 1 unspecified atom stereocenters. The monoisotopic (exact) mass is 455 g/mol. The number of aliphatic hydroxyl groups excluding tert-OH is 2. The zero-order valence-corrected chi connectivity index (χ0v) is 21.2. The van der Waals surface area contributed by atoms with E-state index >= 15 is 0 Å². The molecule has 0 aliphatic heterocycles. The molecule has 1 amide bonds. The van der Waals surface area contributed by atoms with Crippen LogP contribution in [0, 0.1) is 5.92 Å². The van der Waals surface area contributed by atoms with Crippen molar-refractivity contribution in [3.63, 3.8) is 0 Å². The normalized spacial score (nSPS) is 12.3. The Morgan fingerprint density at radius 1 is 0.625 bits per heavy atom. The average Bonchev–Trinajstić information content (AvgIpc) is 2.80. The standard InChI is InChI=1S/C27H53NO4/c1-3-5-7-9-11-13-15-17-19-21-26(31)25(27(32)28-24(22-29)23-30)20-18-16-14-12-10-8-6-4-2/h24-25,29-30H,3-23H2,1-2H3,(H,28,32). The SMILES string of the molecule is CCCCCCCCCCCC(=O)C(CCCCCCCCCC)C(=O)NC(CO)CO. The molecule has 0 aromatic rings. The molecule has 0 fully saturated rings. The van der Waals surface area contributed by atoms with Crippen molar-refractivity contribution in [3.05, 3.63) is 0 Å². The first kappa shape index (κ1) is 31.1. The first-order chi connectivity index (χ1) is 15.6. The van der Waals surface area contributed by atoms with Crippen LogP contribution in [0.3, 0.4) is 0 Å². The molecule has 0 heterocycles. The Balaban J connectivity index is 4.29. The lowest BCUT2D eigenvalue weighted by atomic mass is 9.91. The molecule has 0 aromatic carbocycles. The summed E-state index contributed by atoms with van der Waals surface area (Å²) in [6.45, 7) is 3.81. The largest absolute Gasteiger partial charge is 0.394 e. The molecule has 3 N–H and O–H groups in total. The third-order valence-corrected chi connectivity index (χ3v) is 6.37. The Kier molecular flexibility index (Phi) is 22.5. The molecule has 190 valence electrons. The fourth-order valence-electron chi connectivity index (χ4n) is 4.16. The fourth-order valence-corrected chi connectivity index (χ4v) is 4.16. The van der Waals surface area contributed by atoms with E-state index in [2.05, 4.69) is 19.2 Å². The minimum Gasteiger partial charge on any atom is -0.394 e. The summed E-state index contributed by atoms with van der Waals surface area (Å²) in [6.07, 6.45) is 21.2. The third kappa shape index (κ3) is 17.6. The van der Waals surface area contributed by atoms with Crippen LogP contribution in [0.1, 0.15) is 136 Å². The molecular weight excluding hydrogens is 402 g/mol. The van der Waals surface area contributed by atoms with Gasteiger partial charge in [0.1, 0.15) is 5.78 Å². The fraction of sp³-hybridized carbons (Fsp3) is 0.926. The highest BCUT2D eigenvalue weighted by Crippen LogP contribution is 2.18. The molecule has 0 aromatic heterocycles. The summed E-state index contributed by atoms with van der Waals surface area (Å²) in [5.41, 5.74) is 0. The van der Waals surface area contributed by atoms with Gasteiger partial charge in [0, 0.05) is 6.42 Å². The summed E-state index contributed by atoms with van der Waals surface area (Å²) >= 11 is 0. The second-order valence-corrected chi connectivity index (χ2v) is 9.43. The number of hydrogen-bond acceptors (Lipinski definition) is 4. The lowest BCUT2D eigenvalue weighted by molar-refractivity contribution is -0.135. The molecule has 5 nitrogen and oxygen atoms in total. The van der Waals surface area contributed by atoms with Gasteiger partial charge in [-0.15, -0.1) is 0 Å². The van der Waals surface area contributed by atoms with Crippen LogP contribution in [-0.2, 0) is 9.59 Å². The van der Waals surface area contributed by atoms with Crippen LogP contribution in [0.4, 0.5) is 0 Å². The number of unbranched alkanes of at least 4 members (excludes halogenated alkanes) is 15. The van der Waals surface area contributed by atoms with E-state index in [0.29, 0.717) is 12.8 Å². The van der Waals surface area contributed by atoms with Gasteiger partial charge in [-0.2, -0.15) is 0 Å². The van der Waals surface area contributed by atoms with Crippen molar-refractivity contribution in [1.29, 1.82) is 0 Å². The van der Waals surface area contributed by atoms with Gasteiger partial charge in [-0.05, 0) is 12.8 Å².